The number of nitrogens with zero attached hydrogens (tertiary/aromatic N) is 1. The third-order valence-corrected chi connectivity index (χ3v) is 11.8. The highest BCUT2D eigenvalue weighted by molar-refractivity contribution is 5.27. The first-order chi connectivity index (χ1) is 14.2. The fraction of sp³-hybridized carbons (Fsp3) is 0.926. The van der Waals surface area contributed by atoms with Crippen LogP contribution >= 0.6 is 0 Å². The van der Waals surface area contributed by atoms with Gasteiger partial charge in [-0.1, -0.05) is 39.3 Å². The predicted octanol–water partition coefficient (Wildman–Crippen LogP) is 4.63. The van der Waals surface area contributed by atoms with E-state index < -0.39 is 0 Å². The molecule has 0 aromatic rings. The third kappa shape index (κ3) is 2.44. The van der Waals surface area contributed by atoms with Crippen molar-refractivity contribution in [1.29, 1.82) is 0 Å². The molecule has 3 nitrogen and oxygen atoms in total. The number of rotatable bonds is 0. The Labute approximate surface area is 183 Å². The summed E-state index contributed by atoms with van der Waals surface area (Å²) in [7, 11) is 0. The molecular formula is C27H43NO2. The molecule has 30 heavy (non-hydrogen) atoms. The number of fused-ring (bicyclic) bond motifs is 9. The van der Waals surface area contributed by atoms with Crippen LogP contribution in [-0.4, -0.2) is 45.9 Å². The molecule has 6 rings (SSSR count). The highest BCUT2D eigenvalue weighted by Gasteiger charge is 2.69. The molecule has 168 valence electrons. The molecule has 3 saturated carbocycles. The van der Waals surface area contributed by atoms with Gasteiger partial charge in [-0.25, -0.2) is 0 Å². The Morgan fingerprint density at radius 3 is 2.60 bits per heavy atom. The van der Waals surface area contributed by atoms with Crippen LogP contribution in [0.1, 0.15) is 79.1 Å². The second-order valence-electron chi connectivity index (χ2n) is 12.9. The molecule has 2 aliphatic heterocycles. The molecular weight excluding hydrogens is 370 g/mol. The van der Waals surface area contributed by atoms with E-state index in [-0.39, 0.29) is 23.0 Å². The summed E-state index contributed by atoms with van der Waals surface area (Å²) in [6.07, 6.45) is 11.4. The monoisotopic (exact) mass is 413 g/mol. The number of allylic oxidation sites excluding steroid dienone is 1. The zero-order valence-electron chi connectivity index (χ0n) is 19.6. The number of aliphatic hydroxyl groups excluding tert-OH is 2. The normalized spacial score (nSPS) is 60.1. The molecule has 3 heteroatoms. The van der Waals surface area contributed by atoms with Gasteiger partial charge in [-0.3, -0.25) is 4.90 Å². The van der Waals surface area contributed by atoms with Crippen LogP contribution in [0.15, 0.2) is 11.6 Å². The van der Waals surface area contributed by atoms with Gasteiger partial charge in [-0.15, -0.1) is 0 Å². The molecule has 0 unspecified atom stereocenters. The maximum Gasteiger partial charge on any atom is 0.0603 e. The van der Waals surface area contributed by atoms with Gasteiger partial charge in [-0.05, 0) is 92.3 Å². The smallest absolute Gasteiger partial charge is 0.0603 e. The molecule has 0 aromatic heterocycles. The second-order valence-corrected chi connectivity index (χ2v) is 12.9. The van der Waals surface area contributed by atoms with Crippen LogP contribution in [0, 0.1) is 46.3 Å². The van der Waals surface area contributed by atoms with E-state index in [4.69, 9.17) is 0 Å². The van der Waals surface area contributed by atoms with E-state index in [1.807, 2.05) is 0 Å². The number of hydrogen-bond acceptors (Lipinski definition) is 3. The molecule has 4 aliphatic carbocycles. The lowest BCUT2D eigenvalue weighted by molar-refractivity contribution is -0.135. The SMILES string of the molecule is C[C@H]1CC[C@@H]2[C@H](C)[C@H]3[C@H](C[C@H]4[C@@H]5CC=C6C[C@@H](O)CC[C@]6(C)[C@H]5C[C@@H](O)[C@]34C)N2C1. The van der Waals surface area contributed by atoms with E-state index >= 15 is 0 Å². The van der Waals surface area contributed by atoms with Crippen LogP contribution in [0.2, 0.25) is 0 Å². The van der Waals surface area contributed by atoms with Crippen molar-refractivity contribution < 1.29 is 10.2 Å². The van der Waals surface area contributed by atoms with Gasteiger partial charge in [0, 0.05) is 24.0 Å². The molecule has 5 fully saturated rings. The molecule has 0 radical (unpaired) electrons. The minimum Gasteiger partial charge on any atom is -0.393 e. The molecule has 0 amide bonds. The van der Waals surface area contributed by atoms with Crippen LogP contribution in [0.4, 0.5) is 0 Å². The summed E-state index contributed by atoms with van der Waals surface area (Å²) < 4.78 is 0. The maximum atomic E-state index is 11.8. The third-order valence-electron chi connectivity index (χ3n) is 11.8. The van der Waals surface area contributed by atoms with E-state index in [1.54, 1.807) is 0 Å². The van der Waals surface area contributed by atoms with Gasteiger partial charge >= 0.3 is 0 Å². The minimum absolute atomic E-state index is 0.0850. The first-order valence-corrected chi connectivity index (χ1v) is 13.1. The molecule has 0 aromatic carbocycles. The molecule has 2 N–H and O–H groups in total. The summed E-state index contributed by atoms with van der Waals surface area (Å²) in [4.78, 5) is 2.91. The Morgan fingerprint density at radius 1 is 1.00 bits per heavy atom. The highest BCUT2D eigenvalue weighted by atomic mass is 16.3. The van der Waals surface area contributed by atoms with Crippen LogP contribution in [0.3, 0.4) is 0 Å². The average molecular weight is 414 g/mol. The summed E-state index contributed by atoms with van der Waals surface area (Å²) >= 11 is 0. The van der Waals surface area contributed by atoms with Crippen molar-refractivity contribution in [3.63, 3.8) is 0 Å². The minimum atomic E-state index is -0.164. The Bertz CT molecular complexity index is 749. The number of hydrogen-bond donors (Lipinski definition) is 2. The topological polar surface area (TPSA) is 43.7 Å². The quantitative estimate of drug-likeness (QED) is 0.569. The van der Waals surface area contributed by atoms with Crippen LogP contribution < -0.4 is 0 Å². The van der Waals surface area contributed by atoms with E-state index in [9.17, 15) is 10.2 Å². The zero-order chi connectivity index (χ0) is 21.0. The summed E-state index contributed by atoms with van der Waals surface area (Å²) in [6, 6.07) is 1.46. The van der Waals surface area contributed by atoms with Crippen LogP contribution in [0.25, 0.3) is 0 Å². The van der Waals surface area contributed by atoms with Crippen molar-refractivity contribution >= 4 is 0 Å². The van der Waals surface area contributed by atoms with E-state index in [2.05, 4.69) is 38.7 Å². The molecule has 2 heterocycles. The van der Waals surface area contributed by atoms with Gasteiger partial charge < -0.3 is 10.2 Å². The highest BCUT2D eigenvalue weighted by Crippen LogP contribution is 2.69. The average Bonchev–Trinajstić information content (AvgIpc) is 3.17. The first kappa shape index (κ1) is 20.2. The van der Waals surface area contributed by atoms with Crippen LogP contribution in [-0.2, 0) is 0 Å². The lowest BCUT2D eigenvalue weighted by Gasteiger charge is -2.60. The fourth-order valence-corrected chi connectivity index (χ4v) is 10.3. The van der Waals surface area contributed by atoms with Crippen molar-refractivity contribution in [2.75, 3.05) is 6.54 Å². The van der Waals surface area contributed by atoms with E-state index in [0.717, 1.165) is 49.5 Å². The molecule has 12 atom stereocenters. The Kier molecular flexibility index (Phi) is 4.44. The Morgan fingerprint density at radius 2 is 1.80 bits per heavy atom. The van der Waals surface area contributed by atoms with Crippen LogP contribution in [0.5, 0.6) is 0 Å². The lowest BCUT2D eigenvalue weighted by atomic mass is 9.46. The van der Waals surface area contributed by atoms with Gasteiger partial charge in [0.1, 0.15) is 0 Å². The molecule has 2 saturated heterocycles. The van der Waals surface area contributed by atoms with Crippen molar-refractivity contribution in [2.45, 2.75) is 103 Å². The molecule has 6 aliphatic rings. The number of piperidine rings is 1. The summed E-state index contributed by atoms with van der Waals surface area (Å²) in [6.45, 7) is 11.2. The number of aliphatic hydroxyl groups is 2. The van der Waals surface area contributed by atoms with Gasteiger partial charge in [0.05, 0.1) is 12.2 Å². The van der Waals surface area contributed by atoms with Crippen molar-refractivity contribution in [2.24, 2.45) is 46.3 Å². The second kappa shape index (κ2) is 6.58. The summed E-state index contributed by atoms with van der Waals surface area (Å²) in [5.41, 5.74) is 1.80. The predicted molar refractivity (Wildman–Crippen MR) is 120 cm³/mol. The van der Waals surface area contributed by atoms with Gasteiger partial charge in [0.25, 0.3) is 0 Å². The molecule has 0 bridgehead atoms. The standard InChI is InChI=1S/C27H43NO2/c1-15-5-8-22-16(2)25-23(28(22)14-15)12-21-19-7-6-17-11-18(29)9-10-26(17,3)20(19)13-24(30)27(21,25)4/h6,15-16,18-25,29-30H,5,7-14H2,1-4H3/t15-,16-,18-,19+,20-,21-,22+,23-,24+,25-,26-,27+/m0/s1. The fourth-order valence-electron chi connectivity index (χ4n) is 10.3. The van der Waals surface area contributed by atoms with Crippen molar-refractivity contribution in [3.8, 4) is 0 Å². The summed E-state index contributed by atoms with van der Waals surface area (Å²) in [5, 5.41) is 22.1. The van der Waals surface area contributed by atoms with Crippen molar-refractivity contribution in [1.82, 2.24) is 4.90 Å². The Hall–Kier alpha value is -0.380. The van der Waals surface area contributed by atoms with Gasteiger partial charge in [0.2, 0.25) is 0 Å². The van der Waals surface area contributed by atoms with Gasteiger partial charge in [0.15, 0.2) is 0 Å². The lowest BCUT2D eigenvalue weighted by Crippen LogP contribution is -2.57. The van der Waals surface area contributed by atoms with Gasteiger partial charge in [-0.2, -0.15) is 0 Å². The van der Waals surface area contributed by atoms with E-state index in [0.29, 0.717) is 23.8 Å². The Balaban J connectivity index is 1.36. The zero-order valence-corrected chi connectivity index (χ0v) is 19.6. The van der Waals surface area contributed by atoms with E-state index in [1.165, 1.54) is 37.8 Å². The molecule has 0 spiro atoms. The largest absolute Gasteiger partial charge is 0.393 e. The first-order valence-electron chi connectivity index (χ1n) is 13.1. The summed E-state index contributed by atoms with van der Waals surface area (Å²) in [5.74, 6) is 4.19. The van der Waals surface area contributed by atoms with Crippen molar-refractivity contribution in [3.05, 3.63) is 11.6 Å². The maximum absolute atomic E-state index is 11.8.